The molecule has 0 aliphatic rings. The second-order valence-corrected chi connectivity index (χ2v) is 4.02. The number of unbranched alkanes of at least 4 members (excludes halogenated alkanes) is 2. The first kappa shape index (κ1) is 18.6. The van der Waals surface area contributed by atoms with Crippen molar-refractivity contribution in [1.82, 2.24) is 0 Å². The zero-order valence-electron chi connectivity index (χ0n) is 12.1. The van der Waals surface area contributed by atoms with Crippen molar-refractivity contribution in [1.29, 1.82) is 0 Å². The third-order valence-corrected chi connectivity index (χ3v) is 2.35. The summed E-state index contributed by atoms with van der Waals surface area (Å²) in [4.78, 5) is 34.3. The zero-order chi connectivity index (χ0) is 16.3. The van der Waals surface area contributed by atoms with E-state index < -0.39 is 23.9 Å². The van der Waals surface area contributed by atoms with E-state index in [1.54, 1.807) is 0 Å². The van der Waals surface area contributed by atoms with Crippen molar-refractivity contribution in [2.75, 3.05) is 0 Å². The Morgan fingerprint density at radius 1 is 0.857 bits per heavy atom. The third kappa shape index (κ3) is 7.10. The van der Waals surface area contributed by atoms with Crippen molar-refractivity contribution in [3.05, 3.63) is 38.0 Å². The Balaban J connectivity index is 5.31. The number of ether oxygens (including phenoxy) is 3. The molecule has 0 rings (SSSR count). The van der Waals surface area contributed by atoms with E-state index in [9.17, 15) is 14.4 Å². The van der Waals surface area contributed by atoms with Gasteiger partial charge in [-0.25, -0.2) is 14.4 Å². The highest BCUT2D eigenvalue weighted by Gasteiger charge is 2.42. The molecule has 6 heteroatoms. The third-order valence-electron chi connectivity index (χ3n) is 2.35. The lowest BCUT2D eigenvalue weighted by Crippen LogP contribution is -2.43. The number of carbonyl (C=O) groups is 3. The maximum absolute atomic E-state index is 11.4. The molecule has 21 heavy (non-hydrogen) atoms. The van der Waals surface area contributed by atoms with Gasteiger partial charge in [-0.1, -0.05) is 39.5 Å². The van der Waals surface area contributed by atoms with E-state index in [1.807, 2.05) is 6.92 Å². The number of esters is 3. The van der Waals surface area contributed by atoms with E-state index in [0.717, 1.165) is 31.1 Å². The topological polar surface area (TPSA) is 78.9 Å². The molecule has 6 nitrogen and oxygen atoms in total. The minimum Gasteiger partial charge on any atom is -0.385 e. The Kier molecular flexibility index (Phi) is 8.45. The molecule has 0 aliphatic carbocycles. The fourth-order valence-corrected chi connectivity index (χ4v) is 1.39. The van der Waals surface area contributed by atoms with E-state index in [2.05, 4.69) is 19.7 Å². The molecule has 0 aliphatic heterocycles. The van der Waals surface area contributed by atoms with Crippen LogP contribution in [0.1, 0.15) is 32.6 Å². The molecule has 0 unspecified atom stereocenters. The van der Waals surface area contributed by atoms with Gasteiger partial charge in [0.15, 0.2) is 0 Å². The summed E-state index contributed by atoms with van der Waals surface area (Å²) < 4.78 is 14.8. The first-order valence-electron chi connectivity index (χ1n) is 6.49. The second kappa shape index (κ2) is 9.52. The second-order valence-electron chi connectivity index (χ2n) is 4.02. The standard InChI is InChI=1S/C15H20O6/c1-5-9-10-11-15(19-12(16)6-2,20-13(17)7-3)21-14(18)8-4/h6-8H,2-5,9-11H2,1H3. The molecule has 0 spiro atoms. The van der Waals surface area contributed by atoms with Crippen LogP contribution in [0.5, 0.6) is 0 Å². The molecular weight excluding hydrogens is 276 g/mol. The average molecular weight is 296 g/mol. The van der Waals surface area contributed by atoms with Crippen molar-refractivity contribution in [3.63, 3.8) is 0 Å². The normalized spacial score (nSPS) is 10.1. The highest BCUT2D eigenvalue weighted by atomic mass is 16.9. The highest BCUT2D eigenvalue weighted by molar-refractivity contribution is 5.85. The number of hydrogen-bond donors (Lipinski definition) is 0. The summed E-state index contributed by atoms with van der Waals surface area (Å²) in [7, 11) is 0. The summed E-state index contributed by atoms with van der Waals surface area (Å²) in [6.45, 7) is 11.7. The lowest BCUT2D eigenvalue weighted by molar-refractivity contribution is -0.327. The molecule has 0 aromatic heterocycles. The van der Waals surface area contributed by atoms with E-state index >= 15 is 0 Å². The number of carbonyl (C=O) groups excluding carboxylic acids is 3. The molecule has 0 fully saturated rings. The summed E-state index contributed by atoms with van der Waals surface area (Å²) in [5, 5.41) is 0. The highest BCUT2D eigenvalue weighted by Crippen LogP contribution is 2.25. The zero-order valence-corrected chi connectivity index (χ0v) is 12.1. The van der Waals surface area contributed by atoms with E-state index in [-0.39, 0.29) is 6.42 Å². The lowest BCUT2D eigenvalue weighted by atomic mass is 10.2. The van der Waals surface area contributed by atoms with Crippen LogP contribution in [-0.2, 0) is 28.6 Å². The molecular formula is C15H20O6. The summed E-state index contributed by atoms with van der Waals surface area (Å²) >= 11 is 0. The van der Waals surface area contributed by atoms with Crippen LogP contribution in [0.4, 0.5) is 0 Å². The van der Waals surface area contributed by atoms with Gasteiger partial charge in [-0.2, -0.15) is 0 Å². The van der Waals surface area contributed by atoms with Gasteiger partial charge in [-0.3, -0.25) is 0 Å². The molecule has 0 radical (unpaired) electrons. The van der Waals surface area contributed by atoms with Crippen LogP contribution in [0, 0.1) is 0 Å². The fourth-order valence-electron chi connectivity index (χ4n) is 1.39. The van der Waals surface area contributed by atoms with Crippen molar-refractivity contribution in [2.24, 2.45) is 0 Å². The molecule has 0 N–H and O–H groups in total. The molecule has 0 saturated heterocycles. The molecule has 0 aromatic rings. The Bertz CT molecular complexity index is 369. The van der Waals surface area contributed by atoms with Gasteiger partial charge in [0.2, 0.25) is 0 Å². The Hall–Kier alpha value is -2.37. The monoisotopic (exact) mass is 296 g/mol. The Labute approximate surface area is 124 Å². The van der Waals surface area contributed by atoms with Crippen LogP contribution in [-0.4, -0.2) is 23.9 Å². The van der Waals surface area contributed by atoms with Crippen molar-refractivity contribution in [2.45, 2.75) is 38.6 Å². The van der Waals surface area contributed by atoms with Crippen molar-refractivity contribution < 1.29 is 28.6 Å². The number of rotatable bonds is 10. The minimum absolute atomic E-state index is 0.000417. The van der Waals surface area contributed by atoms with Crippen LogP contribution in [0.25, 0.3) is 0 Å². The molecule has 0 atom stereocenters. The fraction of sp³-hybridized carbons (Fsp3) is 0.400. The van der Waals surface area contributed by atoms with Gasteiger partial charge in [-0.15, -0.1) is 0 Å². The molecule has 0 amide bonds. The van der Waals surface area contributed by atoms with Crippen molar-refractivity contribution >= 4 is 17.9 Å². The minimum atomic E-state index is -2.14. The molecule has 0 bridgehead atoms. The van der Waals surface area contributed by atoms with Crippen LogP contribution < -0.4 is 0 Å². The largest absolute Gasteiger partial charge is 0.424 e. The maximum atomic E-state index is 11.4. The molecule has 0 saturated carbocycles. The van der Waals surface area contributed by atoms with Crippen LogP contribution in [0.3, 0.4) is 0 Å². The summed E-state index contributed by atoms with van der Waals surface area (Å²) in [6.07, 6.45) is 4.77. The smallest absolute Gasteiger partial charge is 0.385 e. The predicted octanol–water partition coefficient (Wildman–Crippen LogP) is 2.41. The van der Waals surface area contributed by atoms with Gasteiger partial charge in [0.05, 0.1) is 6.42 Å². The first-order chi connectivity index (χ1) is 9.92. The van der Waals surface area contributed by atoms with Gasteiger partial charge < -0.3 is 14.2 Å². The van der Waals surface area contributed by atoms with Crippen molar-refractivity contribution in [3.8, 4) is 0 Å². The van der Waals surface area contributed by atoms with Gasteiger partial charge in [0.25, 0.3) is 0 Å². The molecule has 116 valence electrons. The van der Waals surface area contributed by atoms with Gasteiger partial charge >= 0.3 is 23.9 Å². The summed E-state index contributed by atoms with van der Waals surface area (Å²) in [5.74, 6) is -4.81. The first-order valence-corrected chi connectivity index (χ1v) is 6.49. The Morgan fingerprint density at radius 2 is 1.24 bits per heavy atom. The predicted molar refractivity (Wildman–Crippen MR) is 75.7 cm³/mol. The van der Waals surface area contributed by atoms with E-state index in [4.69, 9.17) is 14.2 Å². The van der Waals surface area contributed by atoms with Crippen LogP contribution in [0.15, 0.2) is 38.0 Å². The number of hydrogen-bond acceptors (Lipinski definition) is 6. The van der Waals surface area contributed by atoms with E-state index in [1.165, 1.54) is 0 Å². The van der Waals surface area contributed by atoms with Gasteiger partial charge in [0.1, 0.15) is 0 Å². The average Bonchev–Trinajstić information content (AvgIpc) is 2.46. The summed E-state index contributed by atoms with van der Waals surface area (Å²) in [6, 6.07) is 0. The molecule has 0 aromatic carbocycles. The Morgan fingerprint density at radius 3 is 1.52 bits per heavy atom. The van der Waals surface area contributed by atoms with Crippen LogP contribution in [0.2, 0.25) is 0 Å². The van der Waals surface area contributed by atoms with Crippen LogP contribution >= 0.6 is 0 Å². The SMILES string of the molecule is C=CC(=O)OC(CCCCC)(OC(=O)C=C)OC(=O)C=C. The maximum Gasteiger partial charge on any atom is 0.424 e. The quantitative estimate of drug-likeness (QED) is 0.266. The van der Waals surface area contributed by atoms with Gasteiger partial charge in [0, 0.05) is 18.2 Å². The molecule has 0 heterocycles. The van der Waals surface area contributed by atoms with Gasteiger partial charge in [-0.05, 0) is 6.42 Å². The summed E-state index contributed by atoms with van der Waals surface area (Å²) in [5.41, 5.74) is 0. The lowest BCUT2D eigenvalue weighted by Gasteiger charge is -2.30. The van der Waals surface area contributed by atoms with E-state index in [0.29, 0.717) is 6.42 Å².